The van der Waals surface area contributed by atoms with Gasteiger partial charge in [0.15, 0.2) is 0 Å². The summed E-state index contributed by atoms with van der Waals surface area (Å²) in [7, 11) is 1.68. The zero-order chi connectivity index (χ0) is 12.1. The van der Waals surface area contributed by atoms with E-state index in [0.717, 1.165) is 18.8 Å². The number of methoxy groups -OCH3 is 1. The number of hydrogen-bond donors (Lipinski definition) is 0. The van der Waals surface area contributed by atoms with E-state index in [4.69, 9.17) is 11.2 Å². The Bertz CT molecular complexity index is 390. The van der Waals surface area contributed by atoms with Gasteiger partial charge in [-0.25, -0.2) is 0 Å². The lowest BCUT2D eigenvalue weighted by molar-refractivity contribution is 0.197. The number of benzene rings is 1. The monoisotopic (exact) mass is 265 g/mol. The maximum atomic E-state index is 5.68. The zero-order valence-corrected chi connectivity index (χ0v) is 11.6. The van der Waals surface area contributed by atoms with Crippen molar-refractivity contribution in [2.24, 2.45) is 0 Å². The van der Waals surface area contributed by atoms with Crippen LogP contribution in [0.15, 0.2) is 24.3 Å². The summed E-state index contributed by atoms with van der Waals surface area (Å²) in [5, 5.41) is 0. The molecule has 1 fully saturated rings. The molecule has 1 aliphatic heterocycles. The Morgan fingerprint density at radius 1 is 1.17 bits per heavy atom. The van der Waals surface area contributed by atoms with Crippen molar-refractivity contribution < 1.29 is 4.74 Å². The fraction of sp³-hybridized carbons (Fsp3) is 0.467. The third-order valence-electron chi connectivity index (χ3n) is 3.35. The molecular formula is C15H20ClNO. The van der Waals surface area contributed by atoms with Gasteiger partial charge in [-0.3, -0.25) is 4.90 Å². The second kappa shape index (κ2) is 7.31. The van der Waals surface area contributed by atoms with Crippen molar-refractivity contribution in [3.63, 3.8) is 0 Å². The number of likely N-dealkylation sites (tertiary alicyclic amines) is 1. The van der Waals surface area contributed by atoms with Crippen LogP contribution in [0.3, 0.4) is 0 Å². The van der Waals surface area contributed by atoms with Crippen molar-refractivity contribution in [1.82, 2.24) is 4.90 Å². The van der Waals surface area contributed by atoms with Gasteiger partial charge in [-0.05, 0) is 43.6 Å². The average molecular weight is 266 g/mol. The van der Waals surface area contributed by atoms with E-state index in [1.54, 1.807) is 7.11 Å². The molecule has 1 atom stereocenters. The number of nitrogens with zero attached hydrogens (tertiary/aromatic N) is 1. The van der Waals surface area contributed by atoms with Crippen molar-refractivity contribution in [2.45, 2.75) is 25.3 Å². The normalized spacial score (nSPS) is 17.3. The Morgan fingerprint density at radius 2 is 1.78 bits per heavy atom. The summed E-state index contributed by atoms with van der Waals surface area (Å²) in [6.07, 6.45) is 9.53. The number of terminal acetylenes is 1. The lowest BCUT2D eigenvalue weighted by Gasteiger charge is -2.31. The van der Waals surface area contributed by atoms with Gasteiger partial charge in [-0.2, -0.15) is 0 Å². The second-order valence-electron chi connectivity index (χ2n) is 4.44. The van der Waals surface area contributed by atoms with Gasteiger partial charge < -0.3 is 4.74 Å². The van der Waals surface area contributed by atoms with E-state index < -0.39 is 0 Å². The molecule has 18 heavy (non-hydrogen) atoms. The highest BCUT2D eigenvalue weighted by atomic mass is 35.5. The average Bonchev–Trinajstić information content (AvgIpc) is 2.42. The van der Waals surface area contributed by atoms with Crippen molar-refractivity contribution in [2.75, 3.05) is 20.2 Å². The summed E-state index contributed by atoms with van der Waals surface area (Å²) in [6, 6.07) is 8.20. The van der Waals surface area contributed by atoms with Crippen LogP contribution in [0.2, 0.25) is 0 Å². The molecule has 0 saturated carbocycles. The zero-order valence-electron chi connectivity index (χ0n) is 10.8. The molecule has 0 aliphatic carbocycles. The predicted molar refractivity (Wildman–Crippen MR) is 77.2 cm³/mol. The largest absolute Gasteiger partial charge is 0.497 e. The number of ether oxygens (including phenoxy) is 1. The summed E-state index contributed by atoms with van der Waals surface area (Å²) >= 11 is 0. The first-order chi connectivity index (χ1) is 8.35. The van der Waals surface area contributed by atoms with Gasteiger partial charge in [0.2, 0.25) is 0 Å². The molecule has 1 heterocycles. The first kappa shape index (κ1) is 14.9. The van der Waals surface area contributed by atoms with Crippen molar-refractivity contribution in [3.05, 3.63) is 29.8 Å². The quantitative estimate of drug-likeness (QED) is 0.778. The minimum Gasteiger partial charge on any atom is -0.497 e. The minimum absolute atomic E-state index is 0. The highest BCUT2D eigenvalue weighted by Crippen LogP contribution is 2.25. The van der Waals surface area contributed by atoms with E-state index in [1.807, 2.05) is 12.1 Å². The first-order valence-electron chi connectivity index (χ1n) is 6.19. The number of halogens is 1. The van der Waals surface area contributed by atoms with Crippen LogP contribution >= 0.6 is 12.4 Å². The van der Waals surface area contributed by atoms with E-state index in [0.29, 0.717) is 0 Å². The molecule has 2 nitrogen and oxygen atoms in total. The number of piperidine rings is 1. The molecule has 0 bridgehead atoms. The molecule has 1 saturated heterocycles. The highest BCUT2D eigenvalue weighted by molar-refractivity contribution is 5.85. The molecule has 0 amide bonds. The summed E-state index contributed by atoms with van der Waals surface area (Å²) in [5.74, 6) is 3.79. The Morgan fingerprint density at radius 3 is 2.28 bits per heavy atom. The Hall–Kier alpha value is -1.17. The van der Waals surface area contributed by atoms with Crippen LogP contribution in [0.25, 0.3) is 0 Å². The second-order valence-corrected chi connectivity index (χ2v) is 4.44. The fourth-order valence-corrected chi connectivity index (χ4v) is 2.38. The van der Waals surface area contributed by atoms with E-state index in [9.17, 15) is 0 Å². The predicted octanol–water partition coefficient (Wildman–Crippen LogP) is 3.28. The molecule has 0 radical (unpaired) electrons. The molecule has 98 valence electrons. The Labute approximate surface area is 116 Å². The van der Waals surface area contributed by atoms with Gasteiger partial charge in [0, 0.05) is 0 Å². The molecule has 1 unspecified atom stereocenters. The first-order valence-corrected chi connectivity index (χ1v) is 6.19. The lowest BCUT2D eigenvalue weighted by Crippen LogP contribution is -2.33. The van der Waals surface area contributed by atoms with E-state index in [1.165, 1.54) is 24.8 Å². The molecule has 2 rings (SSSR count). The van der Waals surface area contributed by atoms with Crippen LogP contribution in [0.1, 0.15) is 30.9 Å². The molecule has 0 spiro atoms. The van der Waals surface area contributed by atoms with Crippen LogP contribution in [-0.2, 0) is 0 Å². The van der Waals surface area contributed by atoms with E-state index in [2.05, 4.69) is 23.0 Å². The van der Waals surface area contributed by atoms with Crippen molar-refractivity contribution >= 4 is 12.4 Å². The van der Waals surface area contributed by atoms with E-state index in [-0.39, 0.29) is 18.4 Å². The van der Waals surface area contributed by atoms with Crippen LogP contribution in [0.5, 0.6) is 5.75 Å². The van der Waals surface area contributed by atoms with Gasteiger partial charge in [0.25, 0.3) is 0 Å². The maximum absolute atomic E-state index is 5.68. The van der Waals surface area contributed by atoms with Crippen LogP contribution in [-0.4, -0.2) is 25.1 Å². The highest BCUT2D eigenvalue weighted by Gasteiger charge is 2.19. The molecule has 0 aromatic heterocycles. The van der Waals surface area contributed by atoms with Gasteiger partial charge >= 0.3 is 0 Å². The molecular weight excluding hydrogens is 246 g/mol. The smallest absolute Gasteiger partial charge is 0.118 e. The molecule has 1 aliphatic rings. The van der Waals surface area contributed by atoms with Crippen LogP contribution < -0.4 is 4.74 Å². The summed E-state index contributed by atoms with van der Waals surface area (Å²) in [5.41, 5.74) is 1.19. The van der Waals surface area contributed by atoms with Gasteiger partial charge in [-0.1, -0.05) is 24.5 Å². The van der Waals surface area contributed by atoms with Gasteiger partial charge in [-0.15, -0.1) is 18.8 Å². The third kappa shape index (κ3) is 3.41. The van der Waals surface area contributed by atoms with Gasteiger partial charge in [0.1, 0.15) is 5.75 Å². The number of rotatable bonds is 3. The summed E-state index contributed by atoms with van der Waals surface area (Å²) < 4.78 is 5.16. The molecule has 1 aromatic rings. The van der Waals surface area contributed by atoms with Crippen molar-refractivity contribution in [3.8, 4) is 18.1 Å². The standard InChI is InChI=1S/C15H19NO.ClH/c1-3-15(16-11-5-4-6-12-16)13-7-9-14(17-2)10-8-13;/h1,7-10,15H,4-6,11-12H2,2H3;1H. The van der Waals surface area contributed by atoms with E-state index >= 15 is 0 Å². The summed E-state index contributed by atoms with van der Waals surface area (Å²) in [6.45, 7) is 2.22. The molecule has 3 heteroatoms. The fourth-order valence-electron chi connectivity index (χ4n) is 2.38. The number of hydrogen-bond acceptors (Lipinski definition) is 2. The van der Waals surface area contributed by atoms with Crippen LogP contribution in [0, 0.1) is 12.3 Å². The topological polar surface area (TPSA) is 12.5 Å². The maximum Gasteiger partial charge on any atom is 0.118 e. The Kier molecular flexibility index (Phi) is 6.04. The minimum atomic E-state index is 0. The van der Waals surface area contributed by atoms with Crippen molar-refractivity contribution in [1.29, 1.82) is 0 Å². The van der Waals surface area contributed by atoms with Crippen LogP contribution in [0.4, 0.5) is 0 Å². The summed E-state index contributed by atoms with van der Waals surface area (Å²) in [4.78, 5) is 2.39. The SMILES string of the molecule is C#CC(c1ccc(OC)cc1)N1CCCCC1.Cl. The third-order valence-corrected chi connectivity index (χ3v) is 3.35. The van der Waals surface area contributed by atoms with Gasteiger partial charge in [0.05, 0.1) is 13.2 Å². The molecule has 0 N–H and O–H groups in total. The molecule has 1 aromatic carbocycles. The lowest BCUT2D eigenvalue weighted by atomic mass is 10.0. The Balaban J connectivity index is 0.00000162.